The van der Waals surface area contributed by atoms with Crippen LogP contribution >= 0.6 is 0 Å². The average molecular weight is 256 g/mol. The van der Waals surface area contributed by atoms with Crippen molar-refractivity contribution in [3.8, 4) is 12.3 Å². The molecule has 1 heterocycles. The average Bonchev–Trinajstić information content (AvgIpc) is 2.44. The van der Waals surface area contributed by atoms with Gasteiger partial charge in [0, 0.05) is 37.7 Å². The van der Waals surface area contributed by atoms with Crippen molar-refractivity contribution in [3.63, 3.8) is 0 Å². The molecule has 0 aliphatic carbocycles. The first-order chi connectivity index (χ1) is 9.17. The second-order valence-corrected chi connectivity index (χ2v) is 4.95. The summed E-state index contributed by atoms with van der Waals surface area (Å²) in [4.78, 5) is 13.8. The zero-order valence-electron chi connectivity index (χ0n) is 11.5. The van der Waals surface area contributed by atoms with Gasteiger partial charge in [-0.3, -0.25) is 4.79 Å². The zero-order chi connectivity index (χ0) is 13.8. The molecule has 3 heteroatoms. The molecule has 2 atom stereocenters. The number of para-hydroxylation sites is 1. The Morgan fingerprint density at radius 1 is 1.53 bits per heavy atom. The number of hydrogen-bond acceptors (Lipinski definition) is 2. The molecule has 1 aromatic carbocycles. The van der Waals surface area contributed by atoms with Crippen molar-refractivity contribution in [3.05, 3.63) is 29.8 Å². The number of terminal acetylenes is 1. The first-order valence-electron chi connectivity index (χ1n) is 6.72. The molecule has 0 spiro atoms. The number of carbonyl (C=O) groups excluding carboxylic acids is 1. The van der Waals surface area contributed by atoms with Crippen LogP contribution in [0.1, 0.15) is 37.8 Å². The maximum Gasteiger partial charge on any atom is 0.228 e. The van der Waals surface area contributed by atoms with Crippen LogP contribution in [0.2, 0.25) is 0 Å². The van der Waals surface area contributed by atoms with Crippen LogP contribution in [-0.2, 0) is 4.79 Å². The van der Waals surface area contributed by atoms with Gasteiger partial charge in [0.2, 0.25) is 5.91 Å². The summed E-state index contributed by atoms with van der Waals surface area (Å²) in [6.45, 7) is 2.11. The fourth-order valence-corrected chi connectivity index (χ4v) is 2.54. The van der Waals surface area contributed by atoms with Crippen LogP contribution in [0.4, 0.5) is 5.69 Å². The minimum absolute atomic E-state index is 0.0678. The molecule has 0 radical (unpaired) electrons. The van der Waals surface area contributed by atoms with E-state index in [0.717, 1.165) is 12.1 Å². The fourth-order valence-electron chi connectivity index (χ4n) is 2.54. The Hall–Kier alpha value is -1.79. The summed E-state index contributed by atoms with van der Waals surface area (Å²) >= 11 is 0. The topological polar surface area (TPSA) is 32.3 Å². The molecule has 0 fully saturated rings. The first-order valence-corrected chi connectivity index (χ1v) is 6.72. The molecule has 2 unspecified atom stereocenters. The molecule has 0 saturated carbocycles. The Bertz CT molecular complexity index is 504. The molecule has 0 bridgehead atoms. The number of amides is 1. The minimum Gasteiger partial charge on any atom is -0.315 e. The predicted molar refractivity (Wildman–Crippen MR) is 77.9 cm³/mol. The lowest BCUT2D eigenvalue weighted by Gasteiger charge is -2.34. The van der Waals surface area contributed by atoms with Crippen LogP contribution in [0, 0.1) is 12.3 Å². The molecule has 1 amide bonds. The van der Waals surface area contributed by atoms with Crippen LogP contribution in [-0.4, -0.2) is 19.0 Å². The summed E-state index contributed by atoms with van der Waals surface area (Å²) in [5.74, 6) is 2.84. The third-order valence-electron chi connectivity index (χ3n) is 3.72. The number of rotatable bonds is 4. The Morgan fingerprint density at radius 3 is 2.95 bits per heavy atom. The standard InChI is InChI=1S/C16H20N2O/c1-4-8-12(5-2)17-14-11-16(19)18(3)15-10-7-6-9-13(14)15/h1,6-7,9-10,12,14,17H,5,8,11H2,2-3H3. The van der Waals surface area contributed by atoms with Crippen molar-refractivity contribution in [2.45, 2.75) is 38.3 Å². The monoisotopic (exact) mass is 256 g/mol. The lowest BCUT2D eigenvalue weighted by atomic mass is 9.95. The quantitative estimate of drug-likeness (QED) is 0.839. The highest BCUT2D eigenvalue weighted by Gasteiger charge is 2.29. The molecule has 3 nitrogen and oxygen atoms in total. The van der Waals surface area contributed by atoms with Crippen molar-refractivity contribution in [1.29, 1.82) is 0 Å². The molecular formula is C16H20N2O. The number of hydrogen-bond donors (Lipinski definition) is 1. The molecule has 100 valence electrons. The highest BCUT2D eigenvalue weighted by Crippen LogP contribution is 2.33. The van der Waals surface area contributed by atoms with E-state index in [1.165, 1.54) is 5.56 Å². The van der Waals surface area contributed by atoms with Gasteiger partial charge < -0.3 is 10.2 Å². The highest BCUT2D eigenvalue weighted by molar-refractivity contribution is 5.96. The normalized spacial score (nSPS) is 19.7. The predicted octanol–water partition coefficient (Wildman–Crippen LogP) is 2.49. The second-order valence-electron chi connectivity index (χ2n) is 4.95. The van der Waals surface area contributed by atoms with Gasteiger partial charge in [0.15, 0.2) is 0 Å². The summed E-state index contributed by atoms with van der Waals surface area (Å²) in [5, 5.41) is 3.52. The van der Waals surface area contributed by atoms with Gasteiger partial charge >= 0.3 is 0 Å². The molecule has 2 rings (SSSR count). The maximum absolute atomic E-state index is 12.0. The van der Waals surface area contributed by atoms with Gasteiger partial charge in [0.1, 0.15) is 0 Å². The van der Waals surface area contributed by atoms with Gasteiger partial charge in [0.25, 0.3) is 0 Å². The van der Waals surface area contributed by atoms with Gasteiger partial charge in [-0.25, -0.2) is 0 Å². The number of nitrogens with zero attached hydrogens (tertiary/aromatic N) is 1. The zero-order valence-corrected chi connectivity index (χ0v) is 11.5. The van der Waals surface area contributed by atoms with Gasteiger partial charge in [0.05, 0.1) is 0 Å². The van der Waals surface area contributed by atoms with E-state index in [2.05, 4.69) is 24.2 Å². The summed E-state index contributed by atoms with van der Waals surface area (Å²) in [5.41, 5.74) is 2.17. The van der Waals surface area contributed by atoms with E-state index in [4.69, 9.17) is 6.42 Å². The Labute approximate surface area is 115 Å². The summed E-state index contributed by atoms with van der Waals surface area (Å²) in [7, 11) is 1.83. The molecule has 1 N–H and O–H groups in total. The smallest absolute Gasteiger partial charge is 0.228 e. The van der Waals surface area contributed by atoms with E-state index >= 15 is 0 Å². The molecule has 0 aromatic heterocycles. The van der Waals surface area contributed by atoms with Crippen LogP contribution < -0.4 is 10.2 Å². The van der Waals surface area contributed by atoms with Crippen LogP contribution in [0.5, 0.6) is 0 Å². The van der Waals surface area contributed by atoms with Crippen molar-refractivity contribution in [1.82, 2.24) is 5.32 Å². The van der Waals surface area contributed by atoms with E-state index in [1.807, 2.05) is 25.2 Å². The van der Waals surface area contributed by atoms with E-state index in [-0.39, 0.29) is 18.0 Å². The van der Waals surface area contributed by atoms with Crippen molar-refractivity contribution >= 4 is 11.6 Å². The number of nitrogens with one attached hydrogen (secondary N) is 1. The summed E-state index contributed by atoms with van der Waals surface area (Å²) in [6, 6.07) is 8.38. The molecule has 0 saturated heterocycles. The van der Waals surface area contributed by atoms with Gasteiger partial charge in [-0.2, -0.15) is 0 Å². The van der Waals surface area contributed by atoms with Crippen LogP contribution in [0.15, 0.2) is 24.3 Å². The molecular weight excluding hydrogens is 236 g/mol. The van der Waals surface area contributed by atoms with Crippen LogP contribution in [0.25, 0.3) is 0 Å². The second kappa shape index (κ2) is 5.90. The summed E-state index contributed by atoms with van der Waals surface area (Å²) < 4.78 is 0. The number of carbonyl (C=O) groups is 1. The number of benzene rings is 1. The van der Waals surface area contributed by atoms with E-state index < -0.39 is 0 Å². The van der Waals surface area contributed by atoms with Gasteiger partial charge in [-0.05, 0) is 18.1 Å². The van der Waals surface area contributed by atoms with E-state index in [9.17, 15) is 4.79 Å². The fraction of sp³-hybridized carbons (Fsp3) is 0.438. The largest absolute Gasteiger partial charge is 0.315 e. The van der Waals surface area contributed by atoms with Crippen molar-refractivity contribution in [2.75, 3.05) is 11.9 Å². The van der Waals surface area contributed by atoms with E-state index in [0.29, 0.717) is 12.8 Å². The molecule has 19 heavy (non-hydrogen) atoms. The van der Waals surface area contributed by atoms with Crippen molar-refractivity contribution in [2.24, 2.45) is 0 Å². The third-order valence-corrected chi connectivity index (χ3v) is 3.72. The Kier molecular flexibility index (Phi) is 4.24. The summed E-state index contributed by atoms with van der Waals surface area (Å²) in [6.07, 6.45) is 7.54. The highest BCUT2D eigenvalue weighted by atomic mass is 16.2. The lowest BCUT2D eigenvalue weighted by Crippen LogP contribution is -2.41. The molecule has 1 aliphatic heterocycles. The third kappa shape index (κ3) is 2.80. The maximum atomic E-state index is 12.0. The number of anilines is 1. The first kappa shape index (κ1) is 13.6. The molecule has 1 aromatic rings. The lowest BCUT2D eigenvalue weighted by molar-refractivity contribution is -0.119. The van der Waals surface area contributed by atoms with E-state index in [1.54, 1.807) is 4.90 Å². The van der Waals surface area contributed by atoms with Crippen LogP contribution in [0.3, 0.4) is 0 Å². The molecule has 1 aliphatic rings. The Morgan fingerprint density at radius 2 is 2.26 bits per heavy atom. The minimum atomic E-state index is 0.0678. The van der Waals surface area contributed by atoms with Crippen molar-refractivity contribution < 1.29 is 4.79 Å². The SMILES string of the molecule is C#CCC(CC)NC1CC(=O)N(C)c2ccccc21. The Balaban J connectivity index is 2.25. The number of fused-ring (bicyclic) bond motifs is 1. The van der Waals surface area contributed by atoms with Gasteiger partial charge in [-0.1, -0.05) is 25.1 Å². The van der Waals surface area contributed by atoms with Gasteiger partial charge in [-0.15, -0.1) is 12.3 Å².